The van der Waals surface area contributed by atoms with Crippen molar-refractivity contribution in [3.05, 3.63) is 78.1 Å². The highest BCUT2D eigenvalue weighted by Crippen LogP contribution is 2.12. The minimum atomic E-state index is -3.77. The molecule has 152 valence electrons. The van der Waals surface area contributed by atoms with Crippen LogP contribution in [-0.2, 0) is 32.6 Å². The van der Waals surface area contributed by atoms with Crippen molar-refractivity contribution in [1.29, 1.82) is 0 Å². The number of hydrogen-bond acceptors (Lipinski definition) is 7. The molecule has 0 radical (unpaired) electrons. The van der Waals surface area contributed by atoms with Crippen molar-refractivity contribution in [2.24, 2.45) is 0 Å². The lowest BCUT2D eigenvalue weighted by Crippen LogP contribution is -2.28. The third-order valence-corrected chi connectivity index (χ3v) is 5.21. The van der Waals surface area contributed by atoms with Crippen LogP contribution in [0.3, 0.4) is 0 Å². The Kier molecular flexibility index (Phi) is 6.47. The van der Waals surface area contributed by atoms with E-state index in [4.69, 9.17) is 13.6 Å². The Hall–Kier alpha value is -3.37. The van der Waals surface area contributed by atoms with Crippen LogP contribution >= 0.6 is 0 Å². The summed E-state index contributed by atoms with van der Waals surface area (Å²) >= 11 is 0. The van der Waals surface area contributed by atoms with Gasteiger partial charge in [0.2, 0.25) is 10.0 Å². The molecule has 2 heterocycles. The van der Waals surface area contributed by atoms with E-state index in [2.05, 4.69) is 10.0 Å². The molecule has 29 heavy (non-hydrogen) atoms. The number of rotatable bonds is 9. The molecule has 10 heteroatoms. The maximum absolute atomic E-state index is 12.3. The lowest BCUT2D eigenvalue weighted by molar-refractivity contribution is -0.124. The van der Waals surface area contributed by atoms with Crippen molar-refractivity contribution < 1.29 is 31.6 Å². The summed E-state index contributed by atoms with van der Waals surface area (Å²) in [6.45, 7) is -0.280. The third kappa shape index (κ3) is 5.80. The topological polar surface area (TPSA) is 128 Å². The standard InChI is InChI=1S/C19H18N2O7S/c22-18(20-11-15-3-1-9-26-15)13-28-19(23)14-5-7-17(8-6-14)29(24,25)21-12-16-4-2-10-27-16/h1-10,21H,11-13H2,(H,20,22). The van der Waals surface area contributed by atoms with Gasteiger partial charge in [0.25, 0.3) is 5.91 Å². The van der Waals surface area contributed by atoms with E-state index in [1.807, 2.05) is 0 Å². The van der Waals surface area contributed by atoms with Crippen molar-refractivity contribution in [3.63, 3.8) is 0 Å². The first kappa shape index (κ1) is 20.4. The minimum absolute atomic E-state index is 0.00619. The molecule has 9 nitrogen and oxygen atoms in total. The molecule has 0 aliphatic carbocycles. The normalized spacial score (nSPS) is 11.2. The average Bonchev–Trinajstić information content (AvgIpc) is 3.43. The maximum Gasteiger partial charge on any atom is 0.338 e. The zero-order valence-corrected chi connectivity index (χ0v) is 16.0. The van der Waals surface area contributed by atoms with Gasteiger partial charge in [-0.05, 0) is 48.5 Å². The summed E-state index contributed by atoms with van der Waals surface area (Å²) in [5.41, 5.74) is 0.119. The summed E-state index contributed by atoms with van der Waals surface area (Å²) in [6, 6.07) is 11.9. The number of nitrogens with one attached hydrogen (secondary N) is 2. The van der Waals surface area contributed by atoms with Gasteiger partial charge in [-0.15, -0.1) is 0 Å². The largest absolute Gasteiger partial charge is 0.468 e. The van der Waals surface area contributed by atoms with E-state index in [0.29, 0.717) is 11.5 Å². The van der Waals surface area contributed by atoms with E-state index < -0.39 is 28.5 Å². The summed E-state index contributed by atoms with van der Waals surface area (Å²) in [5.74, 6) is -0.192. The second-order valence-corrected chi connectivity index (χ2v) is 7.63. The Morgan fingerprint density at radius 2 is 1.52 bits per heavy atom. The number of sulfonamides is 1. The first-order valence-corrected chi connectivity index (χ1v) is 10.0. The number of carbonyl (C=O) groups excluding carboxylic acids is 2. The number of furan rings is 2. The van der Waals surface area contributed by atoms with Gasteiger partial charge in [-0.3, -0.25) is 4.79 Å². The summed E-state index contributed by atoms with van der Waals surface area (Å²) in [5, 5.41) is 2.54. The van der Waals surface area contributed by atoms with Gasteiger partial charge in [0.15, 0.2) is 6.61 Å². The Labute approximate surface area is 166 Å². The fraction of sp³-hybridized carbons (Fsp3) is 0.158. The molecule has 0 atom stereocenters. The molecule has 0 aliphatic rings. The Balaban J connectivity index is 1.49. The lowest BCUT2D eigenvalue weighted by Gasteiger charge is -2.08. The molecule has 2 N–H and O–H groups in total. The highest BCUT2D eigenvalue weighted by atomic mass is 32.2. The molecule has 0 aliphatic heterocycles. The van der Waals surface area contributed by atoms with E-state index in [-0.39, 0.29) is 23.5 Å². The summed E-state index contributed by atoms with van der Waals surface area (Å²) in [7, 11) is -3.77. The minimum Gasteiger partial charge on any atom is -0.468 e. The van der Waals surface area contributed by atoms with Crippen molar-refractivity contribution >= 4 is 21.9 Å². The molecular weight excluding hydrogens is 400 g/mol. The van der Waals surface area contributed by atoms with Crippen LogP contribution in [0.4, 0.5) is 0 Å². The Morgan fingerprint density at radius 3 is 2.10 bits per heavy atom. The van der Waals surface area contributed by atoms with Gasteiger partial charge in [0, 0.05) is 0 Å². The van der Waals surface area contributed by atoms with Crippen LogP contribution in [0.1, 0.15) is 21.9 Å². The van der Waals surface area contributed by atoms with E-state index in [0.717, 1.165) is 0 Å². The molecule has 0 unspecified atom stereocenters. The number of esters is 1. The molecule has 2 aromatic heterocycles. The molecule has 3 rings (SSSR count). The molecule has 0 saturated carbocycles. The predicted molar refractivity (Wildman–Crippen MR) is 100 cm³/mol. The van der Waals surface area contributed by atoms with Gasteiger partial charge in [-0.1, -0.05) is 0 Å². The lowest BCUT2D eigenvalue weighted by atomic mass is 10.2. The third-order valence-electron chi connectivity index (χ3n) is 3.79. The SMILES string of the molecule is O=C(COC(=O)c1ccc(S(=O)(=O)NCc2ccco2)cc1)NCc1ccco1. The second-order valence-electron chi connectivity index (χ2n) is 5.86. The van der Waals surface area contributed by atoms with Crippen LogP contribution < -0.4 is 10.0 Å². The molecular formula is C19H18N2O7S. The fourth-order valence-electron chi connectivity index (χ4n) is 2.30. The zero-order valence-electron chi connectivity index (χ0n) is 15.2. The summed E-state index contributed by atoms with van der Waals surface area (Å²) < 4.78 is 42.0. The number of hydrogen-bond donors (Lipinski definition) is 2. The molecule has 1 amide bonds. The van der Waals surface area contributed by atoms with E-state index in [1.54, 1.807) is 24.3 Å². The van der Waals surface area contributed by atoms with E-state index in [9.17, 15) is 18.0 Å². The predicted octanol–water partition coefficient (Wildman–Crippen LogP) is 1.82. The van der Waals surface area contributed by atoms with Gasteiger partial charge < -0.3 is 18.9 Å². The highest BCUT2D eigenvalue weighted by Gasteiger charge is 2.16. The van der Waals surface area contributed by atoms with Crippen molar-refractivity contribution in [2.45, 2.75) is 18.0 Å². The molecule has 0 fully saturated rings. The smallest absolute Gasteiger partial charge is 0.338 e. The fourth-order valence-corrected chi connectivity index (χ4v) is 3.29. The number of carbonyl (C=O) groups is 2. The van der Waals surface area contributed by atoms with E-state index >= 15 is 0 Å². The van der Waals surface area contributed by atoms with Crippen LogP contribution in [0.2, 0.25) is 0 Å². The average molecular weight is 418 g/mol. The first-order chi connectivity index (χ1) is 13.9. The quantitative estimate of drug-likeness (QED) is 0.507. The van der Waals surface area contributed by atoms with Crippen LogP contribution in [0.5, 0.6) is 0 Å². The van der Waals surface area contributed by atoms with Crippen molar-refractivity contribution in [1.82, 2.24) is 10.0 Å². The van der Waals surface area contributed by atoms with Crippen LogP contribution in [0, 0.1) is 0 Å². The van der Waals surface area contributed by atoms with Crippen LogP contribution in [-0.4, -0.2) is 26.9 Å². The first-order valence-electron chi connectivity index (χ1n) is 8.52. The highest BCUT2D eigenvalue weighted by molar-refractivity contribution is 7.89. The van der Waals surface area contributed by atoms with E-state index in [1.165, 1.54) is 36.8 Å². The van der Waals surface area contributed by atoms with Crippen molar-refractivity contribution in [2.75, 3.05) is 6.61 Å². The molecule has 1 aromatic carbocycles. The maximum atomic E-state index is 12.3. The molecule has 0 spiro atoms. The molecule has 0 bridgehead atoms. The van der Waals surface area contributed by atoms with Gasteiger partial charge in [0.05, 0.1) is 36.1 Å². The molecule has 0 saturated heterocycles. The van der Waals surface area contributed by atoms with Crippen molar-refractivity contribution in [3.8, 4) is 0 Å². The summed E-state index contributed by atoms with van der Waals surface area (Å²) in [4.78, 5) is 23.7. The Morgan fingerprint density at radius 1 is 0.897 bits per heavy atom. The second kappa shape index (κ2) is 9.22. The Bertz CT molecular complexity index is 1040. The number of benzene rings is 1. The van der Waals surface area contributed by atoms with Crippen LogP contribution in [0.25, 0.3) is 0 Å². The monoisotopic (exact) mass is 418 g/mol. The van der Waals surface area contributed by atoms with Gasteiger partial charge in [-0.2, -0.15) is 0 Å². The van der Waals surface area contributed by atoms with Gasteiger partial charge >= 0.3 is 5.97 Å². The molecule has 3 aromatic rings. The summed E-state index contributed by atoms with van der Waals surface area (Å²) in [6.07, 6.45) is 2.93. The van der Waals surface area contributed by atoms with Gasteiger partial charge in [0.1, 0.15) is 11.5 Å². The number of amides is 1. The zero-order chi connectivity index (χ0) is 20.7. The number of ether oxygens (including phenoxy) is 1. The van der Waals surface area contributed by atoms with Gasteiger partial charge in [-0.25, -0.2) is 17.9 Å². The van der Waals surface area contributed by atoms with Crippen LogP contribution in [0.15, 0.2) is 74.8 Å².